The normalized spacial score (nSPS) is 28.8. The van der Waals surface area contributed by atoms with Crippen LogP contribution < -0.4 is 0 Å². The second-order valence-corrected chi connectivity index (χ2v) is 3.35. The Hall–Kier alpha value is -0.570. The molecule has 1 N–H and O–H groups in total. The van der Waals surface area contributed by atoms with E-state index in [1.165, 1.54) is 0 Å². The van der Waals surface area contributed by atoms with E-state index in [2.05, 4.69) is 15.9 Å². The largest absolute Gasteiger partial charge is 0.504 e. The maximum absolute atomic E-state index is 11.2. The van der Waals surface area contributed by atoms with Crippen molar-refractivity contribution in [3.63, 3.8) is 0 Å². The molecular weight excluding hydrogens is 208 g/mol. The van der Waals surface area contributed by atoms with Crippen LogP contribution in [0.1, 0.15) is 13.8 Å². The third-order valence-corrected chi connectivity index (χ3v) is 2.92. The Bertz CT molecular complexity index is 263. The van der Waals surface area contributed by atoms with Crippen LogP contribution in [0.25, 0.3) is 0 Å². The van der Waals surface area contributed by atoms with Crippen LogP contribution in [0.4, 0.5) is 0 Å². The fourth-order valence-corrected chi connectivity index (χ4v) is 1.59. The minimum Gasteiger partial charge on any atom is -0.504 e. The Morgan fingerprint density at radius 1 is 1.64 bits per heavy atom. The molecule has 0 unspecified atom stereocenters. The lowest BCUT2D eigenvalue weighted by molar-refractivity contribution is -0.114. The van der Waals surface area contributed by atoms with Crippen LogP contribution in [0, 0.1) is 5.92 Å². The molecule has 2 nitrogen and oxygen atoms in total. The Kier molecular flexibility index (Phi) is 2.18. The van der Waals surface area contributed by atoms with Gasteiger partial charge in [0.1, 0.15) is 0 Å². The first-order valence-corrected chi connectivity index (χ1v) is 4.18. The van der Waals surface area contributed by atoms with Gasteiger partial charge in [-0.3, -0.25) is 4.79 Å². The lowest BCUT2D eigenvalue weighted by atomic mass is 10.0. The van der Waals surface area contributed by atoms with Gasteiger partial charge in [-0.15, -0.1) is 0 Å². The summed E-state index contributed by atoms with van der Waals surface area (Å²) in [6.45, 7) is 3.67. The summed E-state index contributed by atoms with van der Waals surface area (Å²) in [6.07, 6.45) is 1.73. The molecule has 0 bridgehead atoms. The average molecular weight is 217 g/mol. The fraction of sp³-hybridized carbons (Fsp3) is 0.375. The number of halogens is 1. The first-order valence-electron chi connectivity index (χ1n) is 3.39. The maximum atomic E-state index is 11.2. The van der Waals surface area contributed by atoms with E-state index in [0.29, 0.717) is 10.1 Å². The molecule has 1 aliphatic rings. The Labute approximate surface area is 73.7 Å². The van der Waals surface area contributed by atoms with Crippen LogP contribution in [0.15, 0.2) is 21.9 Å². The fourth-order valence-electron chi connectivity index (χ4n) is 1.16. The van der Waals surface area contributed by atoms with Gasteiger partial charge < -0.3 is 5.11 Å². The molecule has 0 aromatic heterocycles. The molecule has 0 aromatic carbocycles. The summed E-state index contributed by atoms with van der Waals surface area (Å²) >= 11 is 3.16. The van der Waals surface area contributed by atoms with Crippen molar-refractivity contribution in [3.8, 4) is 0 Å². The molecule has 60 valence electrons. The second-order valence-electron chi connectivity index (χ2n) is 2.49. The Balaban J connectivity index is 3.12. The van der Waals surface area contributed by atoms with Crippen LogP contribution in [-0.4, -0.2) is 10.9 Å². The molecule has 0 aromatic rings. The van der Waals surface area contributed by atoms with E-state index < -0.39 is 0 Å². The quantitative estimate of drug-likeness (QED) is 0.632. The molecular formula is C8H9BrO2. The number of aliphatic hydroxyl groups is 1. The summed E-state index contributed by atoms with van der Waals surface area (Å²) in [7, 11) is 0. The smallest absolute Gasteiger partial charge is 0.224 e. The topological polar surface area (TPSA) is 37.3 Å². The standard InChI is InChI=1S/C8H9BrO2/c1-3-5-4(2)6(9)8(11)7(5)10/h3-4,11H,1-2H3/b5-3-/t4-/m0/s1. The number of rotatable bonds is 0. The zero-order valence-corrected chi connectivity index (χ0v) is 7.97. The van der Waals surface area contributed by atoms with E-state index in [1.54, 1.807) is 13.0 Å². The summed E-state index contributed by atoms with van der Waals surface area (Å²) < 4.78 is 0.593. The molecule has 0 heterocycles. The third kappa shape index (κ3) is 1.13. The van der Waals surface area contributed by atoms with Gasteiger partial charge in [0, 0.05) is 16.0 Å². The number of hydrogen-bond donors (Lipinski definition) is 1. The van der Waals surface area contributed by atoms with Crippen molar-refractivity contribution in [2.75, 3.05) is 0 Å². The van der Waals surface area contributed by atoms with Gasteiger partial charge in [-0.05, 0) is 6.92 Å². The number of allylic oxidation sites excluding steroid dienone is 3. The van der Waals surface area contributed by atoms with Crippen molar-refractivity contribution >= 4 is 21.7 Å². The van der Waals surface area contributed by atoms with Gasteiger partial charge in [0.25, 0.3) is 0 Å². The van der Waals surface area contributed by atoms with Crippen molar-refractivity contribution in [1.29, 1.82) is 0 Å². The van der Waals surface area contributed by atoms with Crippen molar-refractivity contribution < 1.29 is 9.90 Å². The molecule has 0 amide bonds. The summed E-state index contributed by atoms with van der Waals surface area (Å²) in [5.74, 6) is -0.398. The monoisotopic (exact) mass is 216 g/mol. The van der Waals surface area contributed by atoms with Crippen molar-refractivity contribution in [3.05, 3.63) is 21.9 Å². The third-order valence-electron chi connectivity index (χ3n) is 1.86. The summed E-state index contributed by atoms with van der Waals surface area (Å²) in [5, 5.41) is 9.18. The molecule has 0 radical (unpaired) electrons. The first-order chi connectivity index (χ1) is 5.09. The van der Waals surface area contributed by atoms with Crippen LogP contribution in [-0.2, 0) is 4.79 Å². The number of ketones is 1. The minimum absolute atomic E-state index is 0.00694. The van der Waals surface area contributed by atoms with Gasteiger partial charge >= 0.3 is 0 Å². The lowest BCUT2D eigenvalue weighted by Crippen LogP contribution is -2.01. The predicted octanol–water partition coefficient (Wildman–Crippen LogP) is 2.32. The molecule has 0 fully saturated rings. The van der Waals surface area contributed by atoms with E-state index in [0.717, 1.165) is 0 Å². The molecule has 3 heteroatoms. The molecule has 0 spiro atoms. The zero-order chi connectivity index (χ0) is 8.59. The summed E-state index contributed by atoms with van der Waals surface area (Å²) in [4.78, 5) is 11.2. The molecule has 1 aliphatic carbocycles. The highest BCUT2D eigenvalue weighted by Gasteiger charge is 2.32. The molecule has 11 heavy (non-hydrogen) atoms. The molecule has 1 rings (SSSR count). The van der Waals surface area contributed by atoms with Crippen LogP contribution in [0.2, 0.25) is 0 Å². The molecule has 0 saturated heterocycles. The van der Waals surface area contributed by atoms with E-state index in [9.17, 15) is 9.90 Å². The molecule has 0 saturated carbocycles. The van der Waals surface area contributed by atoms with E-state index >= 15 is 0 Å². The van der Waals surface area contributed by atoms with Crippen LogP contribution in [0.3, 0.4) is 0 Å². The van der Waals surface area contributed by atoms with Gasteiger partial charge in [-0.25, -0.2) is 0 Å². The second kappa shape index (κ2) is 2.81. The average Bonchev–Trinajstić information content (AvgIpc) is 2.17. The van der Waals surface area contributed by atoms with Crippen molar-refractivity contribution in [1.82, 2.24) is 0 Å². The van der Waals surface area contributed by atoms with E-state index in [-0.39, 0.29) is 17.5 Å². The highest BCUT2D eigenvalue weighted by Crippen LogP contribution is 2.35. The summed E-state index contributed by atoms with van der Waals surface area (Å²) in [5.41, 5.74) is 0.661. The number of carbonyl (C=O) groups is 1. The van der Waals surface area contributed by atoms with Gasteiger partial charge in [0.2, 0.25) is 5.78 Å². The zero-order valence-electron chi connectivity index (χ0n) is 6.39. The van der Waals surface area contributed by atoms with E-state index in [4.69, 9.17) is 0 Å². The number of hydrogen-bond acceptors (Lipinski definition) is 2. The highest BCUT2D eigenvalue weighted by molar-refractivity contribution is 9.11. The van der Waals surface area contributed by atoms with Gasteiger partial charge in [0.15, 0.2) is 5.76 Å². The van der Waals surface area contributed by atoms with Crippen molar-refractivity contribution in [2.45, 2.75) is 13.8 Å². The van der Waals surface area contributed by atoms with E-state index in [1.807, 2.05) is 6.92 Å². The molecule has 1 atom stereocenters. The first kappa shape index (κ1) is 8.53. The SMILES string of the molecule is C/C=C1\C(=O)C(O)=C(Br)[C@H]1C. The minimum atomic E-state index is -0.258. The maximum Gasteiger partial charge on any atom is 0.224 e. The Morgan fingerprint density at radius 2 is 2.18 bits per heavy atom. The Morgan fingerprint density at radius 3 is 2.36 bits per heavy atom. The number of Topliss-reactive ketones (excluding diaryl/α,β-unsaturated/α-hetero) is 1. The van der Waals surface area contributed by atoms with Gasteiger partial charge in [-0.1, -0.05) is 28.9 Å². The van der Waals surface area contributed by atoms with Crippen LogP contribution >= 0.6 is 15.9 Å². The van der Waals surface area contributed by atoms with Crippen LogP contribution in [0.5, 0.6) is 0 Å². The number of aliphatic hydroxyl groups excluding tert-OH is 1. The highest BCUT2D eigenvalue weighted by atomic mass is 79.9. The number of carbonyl (C=O) groups excluding carboxylic acids is 1. The lowest BCUT2D eigenvalue weighted by Gasteiger charge is -2.01. The summed E-state index contributed by atoms with van der Waals surface area (Å²) in [6, 6.07) is 0. The van der Waals surface area contributed by atoms with Gasteiger partial charge in [0.05, 0.1) is 0 Å². The predicted molar refractivity (Wildman–Crippen MR) is 46.5 cm³/mol. The molecule has 0 aliphatic heterocycles. The van der Waals surface area contributed by atoms with Gasteiger partial charge in [-0.2, -0.15) is 0 Å². The van der Waals surface area contributed by atoms with Crippen molar-refractivity contribution in [2.24, 2.45) is 5.92 Å².